The highest BCUT2D eigenvalue weighted by Gasteiger charge is 2.09. The van der Waals surface area contributed by atoms with E-state index in [0.717, 1.165) is 24.8 Å². The van der Waals surface area contributed by atoms with E-state index in [4.69, 9.17) is 10.8 Å². The Hall–Kier alpha value is -1.51. The highest BCUT2D eigenvalue weighted by molar-refractivity contribution is 5.89. The summed E-state index contributed by atoms with van der Waals surface area (Å²) in [7, 11) is 0. The molecule has 1 aromatic carbocycles. The van der Waals surface area contributed by atoms with Gasteiger partial charge in [-0.25, -0.2) is 4.79 Å². The average Bonchev–Trinajstić information content (AvgIpc) is 2.14. The number of nitrogens with two attached hydrogens (primary N) is 1. The lowest BCUT2D eigenvalue weighted by molar-refractivity contribution is 0.0695. The first-order valence-corrected chi connectivity index (χ1v) is 4.77. The summed E-state index contributed by atoms with van der Waals surface area (Å²) in [4.78, 5) is 10.9. The molecule has 76 valence electrons. The van der Waals surface area contributed by atoms with Crippen molar-refractivity contribution in [3.05, 3.63) is 29.3 Å². The lowest BCUT2D eigenvalue weighted by atomic mass is 10.0. The summed E-state index contributed by atoms with van der Waals surface area (Å²) in [6.45, 7) is 2.08. The van der Waals surface area contributed by atoms with Crippen molar-refractivity contribution in [1.82, 2.24) is 0 Å². The highest BCUT2D eigenvalue weighted by atomic mass is 16.4. The van der Waals surface area contributed by atoms with Gasteiger partial charge in [-0.3, -0.25) is 0 Å². The molecular weight excluding hydrogens is 178 g/mol. The molecule has 0 aromatic heterocycles. The molecular formula is C11H15NO2. The third-order valence-corrected chi connectivity index (χ3v) is 2.16. The van der Waals surface area contributed by atoms with E-state index in [-0.39, 0.29) is 0 Å². The van der Waals surface area contributed by atoms with Crippen LogP contribution in [0.3, 0.4) is 0 Å². The SMILES string of the molecule is CCCCc1cc(N)ccc1C(=O)O. The Labute approximate surface area is 83.6 Å². The lowest BCUT2D eigenvalue weighted by Crippen LogP contribution is -2.03. The molecule has 0 radical (unpaired) electrons. The summed E-state index contributed by atoms with van der Waals surface area (Å²) in [5.74, 6) is -0.879. The quantitative estimate of drug-likeness (QED) is 0.721. The average molecular weight is 193 g/mol. The maximum Gasteiger partial charge on any atom is 0.335 e. The Morgan fingerprint density at radius 1 is 1.50 bits per heavy atom. The number of nitrogen functional groups attached to an aromatic ring is 1. The van der Waals surface area contributed by atoms with E-state index >= 15 is 0 Å². The Morgan fingerprint density at radius 3 is 2.79 bits per heavy atom. The summed E-state index contributed by atoms with van der Waals surface area (Å²) < 4.78 is 0. The molecule has 0 aliphatic rings. The molecule has 3 N–H and O–H groups in total. The van der Waals surface area contributed by atoms with Gasteiger partial charge in [-0.2, -0.15) is 0 Å². The van der Waals surface area contributed by atoms with Crippen LogP contribution in [0.25, 0.3) is 0 Å². The summed E-state index contributed by atoms with van der Waals surface area (Å²) in [5.41, 5.74) is 7.43. The molecule has 0 aliphatic heterocycles. The van der Waals surface area contributed by atoms with Crippen molar-refractivity contribution in [2.75, 3.05) is 5.73 Å². The molecule has 0 amide bonds. The van der Waals surface area contributed by atoms with Gasteiger partial charge in [0.1, 0.15) is 0 Å². The molecule has 0 heterocycles. The second-order valence-electron chi connectivity index (χ2n) is 3.33. The smallest absolute Gasteiger partial charge is 0.335 e. The largest absolute Gasteiger partial charge is 0.478 e. The first-order chi connectivity index (χ1) is 6.65. The lowest BCUT2D eigenvalue weighted by Gasteiger charge is -2.06. The zero-order valence-corrected chi connectivity index (χ0v) is 8.29. The summed E-state index contributed by atoms with van der Waals surface area (Å²) in [5, 5.41) is 8.92. The third-order valence-electron chi connectivity index (χ3n) is 2.16. The minimum absolute atomic E-state index is 0.368. The van der Waals surface area contributed by atoms with Gasteiger partial charge in [0.25, 0.3) is 0 Å². The number of benzene rings is 1. The van der Waals surface area contributed by atoms with Crippen molar-refractivity contribution in [1.29, 1.82) is 0 Å². The molecule has 0 atom stereocenters. The van der Waals surface area contributed by atoms with Crippen LogP contribution in [0.4, 0.5) is 5.69 Å². The van der Waals surface area contributed by atoms with Crippen LogP contribution < -0.4 is 5.73 Å². The normalized spacial score (nSPS) is 10.1. The van der Waals surface area contributed by atoms with E-state index in [9.17, 15) is 4.79 Å². The van der Waals surface area contributed by atoms with Crippen molar-refractivity contribution in [3.63, 3.8) is 0 Å². The van der Waals surface area contributed by atoms with Gasteiger partial charge in [0, 0.05) is 5.69 Å². The Balaban J connectivity index is 2.97. The van der Waals surface area contributed by atoms with E-state index in [0.29, 0.717) is 11.3 Å². The van der Waals surface area contributed by atoms with Crippen molar-refractivity contribution >= 4 is 11.7 Å². The molecule has 0 aliphatic carbocycles. The molecule has 0 unspecified atom stereocenters. The standard InChI is InChI=1S/C11H15NO2/c1-2-3-4-8-7-9(12)5-6-10(8)11(13)14/h5-7H,2-4,12H2,1H3,(H,13,14). The zero-order valence-electron chi connectivity index (χ0n) is 8.29. The Bertz CT molecular complexity index is 334. The second-order valence-corrected chi connectivity index (χ2v) is 3.33. The maximum absolute atomic E-state index is 10.9. The van der Waals surface area contributed by atoms with Crippen LogP contribution in [0.1, 0.15) is 35.7 Å². The first kappa shape index (κ1) is 10.6. The van der Waals surface area contributed by atoms with Crippen LogP contribution in [0.2, 0.25) is 0 Å². The van der Waals surface area contributed by atoms with Crippen molar-refractivity contribution in [2.45, 2.75) is 26.2 Å². The number of carboxylic acid groups (broad SMARTS) is 1. The number of carbonyl (C=O) groups is 1. The highest BCUT2D eigenvalue weighted by Crippen LogP contribution is 2.16. The predicted octanol–water partition coefficient (Wildman–Crippen LogP) is 2.31. The van der Waals surface area contributed by atoms with Gasteiger partial charge in [0.15, 0.2) is 0 Å². The number of anilines is 1. The van der Waals surface area contributed by atoms with Crippen LogP contribution in [0, 0.1) is 0 Å². The molecule has 14 heavy (non-hydrogen) atoms. The molecule has 1 rings (SSSR count). The zero-order chi connectivity index (χ0) is 10.6. The van der Waals surface area contributed by atoms with Gasteiger partial charge in [0.2, 0.25) is 0 Å². The second kappa shape index (κ2) is 4.65. The molecule has 0 saturated carbocycles. The molecule has 3 nitrogen and oxygen atoms in total. The molecule has 3 heteroatoms. The van der Waals surface area contributed by atoms with Crippen molar-refractivity contribution < 1.29 is 9.90 Å². The summed E-state index contributed by atoms with van der Waals surface area (Å²) in [6, 6.07) is 4.95. The van der Waals surface area contributed by atoms with Crippen LogP contribution in [-0.4, -0.2) is 11.1 Å². The fourth-order valence-electron chi connectivity index (χ4n) is 1.40. The molecule has 1 aromatic rings. The van der Waals surface area contributed by atoms with E-state index < -0.39 is 5.97 Å². The van der Waals surface area contributed by atoms with Gasteiger partial charge >= 0.3 is 5.97 Å². The van der Waals surface area contributed by atoms with Gasteiger partial charge in [0.05, 0.1) is 5.56 Å². The molecule has 0 spiro atoms. The third kappa shape index (κ3) is 2.49. The van der Waals surface area contributed by atoms with Crippen LogP contribution >= 0.6 is 0 Å². The fourth-order valence-corrected chi connectivity index (χ4v) is 1.40. The monoisotopic (exact) mass is 193 g/mol. The van der Waals surface area contributed by atoms with Crippen LogP contribution in [0.15, 0.2) is 18.2 Å². The number of aryl methyl sites for hydroxylation is 1. The van der Waals surface area contributed by atoms with Crippen LogP contribution in [0.5, 0.6) is 0 Å². The van der Waals surface area contributed by atoms with Gasteiger partial charge < -0.3 is 10.8 Å². The number of rotatable bonds is 4. The summed E-state index contributed by atoms with van der Waals surface area (Å²) >= 11 is 0. The maximum atomic E-state index is 10.9. The molecule has 0 saturated heterocycles. The van der Waals surface area contributed by atoms with Crippen molar-refractivity contribution in [3.8, 4) is 0 Å². The number of hydrogen-bond acceptors (Lipinski definition) is 2. The number of unbranched alkanes of at least 4 members (excludes halogenated alkanes) is 1. The van der Waals surface area contributed by atoms with E-state index in [1.165, 1.54) is 0 Å². The topological polar surface area (TPSA) is 63.3 Å². The number of hydrogen-bond donors (Lipinski definition) is 2. The fraction of sp³-hybridized carbons (Fsp3) is 0.364. The van der Waals surface area contributed by atoms with Gasteiger partial charge in [-0.05, 0) is 36.6 Å². The van der Waals surface area contributed by atoms with Gasteiger partial charge in [-0.15, -0.1) is 0 Å². The van der Waals surface area contributed by atoms with E-state index in [1.54, 1.807) is 18.2 Å². The van der Waals surface area contributed by atoms with E-state index in [2.05, 4.69) is 6.92 Å². The van der Waals surface area contributed by atoms with Crippen molar-refractivity contribution in [2.24, 2.45) is 0 Å². The predicted molar refractivity (Wildman–Crippen MR) is 56.4 cm³/mol. The number of carboxylic acids is 1. The summed E-state index contributed by atoms with van der Waals surface area (Å²) in [6.07, 6.45) is 2.82. The van der Waals surface area contributed by atoms with E-state index in [1.807, 2.05) is 0 Å². The Morgan fingerprint density at radius 2 is 2.21 bits per heavy atom. The van der Waals surface area contributed by atoms with Gasteiger partial charge in [-0.1, -0.05) is 13.3 Å². The number of aromatic carboxylic acids is 1. The minimum atomic E-state index is -0.879. The first-order valence-electron chi connectivity index (χ1n) is 4.77. The molecule has 0 bridgehead atoms. The Kier molecular flexibility index (Phi) is 3.51. The minimum Gasteiger partial charge on any atom is -0.478 e. The van der Waals surface area contributed by atoms with Crippen LogP contribution in [-0.2, 0) is 6.42 Å². The molecule has 0 fully saturated rings.